The molecule has 0 aliphatic heterocycles. The maximum atomic E-state index is 11.3. The predicted molar refractivity (Wildman–Crippen MR) is 47.7 cm³/mol. The maximum Gasteiger partial charge on any atom is 0.341 e. The first-order valence-electron chi connectivity index (χ1n) is 5.08. The van der Waals surface area contributed by atoms with Crippen LogP contribution in [0.4, 0.5) is 0 Å². The second kappa shape index (κ2) is 3.87. The standard InChI is InChI=1S/C9H10O5/c1-13-8-5(9(12)14-2)3-4-6(10)7(8)11/h3-4,10-11H,1-2H3/i1D3. The van der Waals surface area contributed by atoms with Crippen LogP contribution in [-0.2, 0) is 4.74 Å². The number of phenols is 2. The number of esters is 1. The van der Waals surface area contributed by atoms with E-state index in [0.29, 0.717) is 0 Å². The lowest BCUT2D eigenvalue weighted by Crippen LogP contribution is -2.03. The molecule has 0 bridgehead atoms. The molecule has 0 saturated heterocycles. The summed E-state index contributed by atoms with van der Waals surface area (Å²) in [6.07, 6.45) is 0. The highest BCUT2D eigenvalue weighted by Crippen LogP contribution is 2.37. The predicted octanol–water partition coefficient (Wildman–Crippen LogP) is 0.893. The molecule has 5 heteroatoms. The molecule has 1 rings (SSSR count). The molecule has 5 nitrogen and oxygen atoms in total. The average Bonchev–Trinajstić information content (AvgIpc) is 2.22. The monoisotopic (exact) mass is 201 g/mol. The Bertz CT molecular complexity index is 441. The Morgan fingerprint density at radius 1 is 1.50 bits per heavy atom. The second-order valence-electron chi connectivity index (χ2n) is 2.40. The quantitative estimate of drug-likeness (QED) is 0.549. The molecule has 0 saturated carbocycles. The summed E-state index contributed by atoms with van der Waals surface area (Å²) in [5, 5.41) is 18.7. The van der Waals surface area contributed by atoms with Crippen molar-refractivity contribution in [3.8, 4) is 17.2 Å². The molecule has 0 unspecified atom stereocenters. The fraction of sp³-hybridized carbons (Fsp3) is 0.222. The van der Waals surface area contributed by atoms with Gasteiger partial charge in [0, 0.05) is 0 Å². The van der Waals surface area contributed by atoms with Crippen molar-refractivity contribution in [1.82, 2.24) is 0 Å². The van der Waals surface area contributed by atoms with Crippen molar-refractivity contribution in [3.05, 3.63) is 17.7 Å². The molecular weight excluding hydrogens is 188 g/mol. The number of phenolic OH excluding ortho intramolecular Hbond substituents is 2. The molecule has 76 valence electrons. The van der Waals surface area contributed by atoms with Crippen LogP contribution in [0.15, 0.2) is 12.1 Å². The lowest BCUT2D eigenvalue weighted by molar-refractivity contribution is 0.0596. The molecule has 2 N–H and O–H groups in total. The lowest BCUT2D eigenvalue weighted by atomic mass is 10.1. The number of carbonyl (C=O) groups is 1. The molecule has 0 aliphatic carbocycles. The van der Waals surface area contributed by atoms with E-state index in [1.54, 1.807) is 0 Å². The Kier molecular flexibility index (Phi) is 1.80. The summed E-state index contributed by atoms with van der Waals surface area (Å²) in [5.74, 6) is -2.96. The smallest absolute Gasteiger partial charge is 0.341 e. The van der Waals surface area contributed by atoms with Crippen LogP contribution >= 0.6 is 0 Å². The van der Waals surface area contributed by atoms with E-state index in [4.69, 9.17) is 4.11 Å². The fourth-order valence-electron chi connectivity index (χ4n) is 0.935. The van der Waals surface area contributed by atoms with Crippen LogP contribution in [-0.4, -0.2) is 30.3 Å². The normalized spacial score (nSPS) is 13.6. The van der Waals surface area contributed by atoms with Gasteiger partial charge >= 0.3 is 5.97 Å². The lowest BCUT2D eigenvalue weighted by Gasteiger charge is -2.09. The van der Waals surface area contributed by atoms with E-state index in [1.165, 1.54) is 0 Å². The van der Waals surface area contributed by atoms with Crippen molar-refractivity contribution in [2.75, 3.05) is 14.1 Å². The van der Waals surface area contributed by atoms with Crippen LogP contribution in [0, 0.1) is 0 Å². The Labute approximate surface area is 84.7 Å². The van der Waals surface area contributed by atoms with Crippen molar-refractivity contribution < 1.29 is 28.6 Å². The number of methoxy groups -OCH3 is 2. The van der Waals surface area contributed by atoms with Gasteiger partial charge in [0.25, 0.3) is 0 Å². The number of hydrogen-bond donors (Lipinski definition) is 2. The average molecular weight is 201 g/mol. The molecule has 0 aliphatic rings. The van der Waals surface area contributed by atoms with E-state index < -0.39 is 30.3 Å². The Balaban J connectivity index is 3.31. The largest absolute Gasteiger partial charge is 0.504 e. The molecule has 0 fully saturated rings. The van der Waals surface area contributed by atoms with Gasteiger partial charge in [-0.1, -0.05) is 0 Å². The zero-order chi connectivity index (χ0) is 13.2. The van der Waals surface area contributed by atoms with E-state index >= 15 is 0 Å². The molecular formula is C9H10O5. The molecule has 1 aromatic carbocycles. The summed E-state index contributed by atoms with van der Waals surface area (Å²) >= 11 is 0. The number of rotatable bonds is 2. The third kappa shape index (κ3) is 1.56. The Morgan fingerprint density at radius 3 is 2.79 bits per heavy atom. The van der Waals surface area contributed by atoms with E-state index in [0.717, 1.165) is 19.2 Å². The van der Waals surface area contributed by atoms with Gasteiger partial charge in [-0.05, 0) is 12.1 Å². The van der Waals surface area contributed by atoms with Gasteiger partial charge in [-0.25, -0.2) is 4.79 Å². The van der Waals surface area contributed by atoms with Gasteiger partial charge in [0.15, 0.2) is 11.5 Å². The van der Waals surface area contributed by atoms with Gasteiger partial charge in [0.2, 0.25) is 5.75 Å². The summed E-state index contributed by atoms with van der Waals surface area (Å²) in [7, 11) is -1.78. The van der Waals surface area contributed by atoms with Crippen LogP contribution < -0.4 is 4.74 Å². The minimum atomic E-state index is -2.87. The highest BCUT2D eigenvalue weighted by molar-refractivity contribution is 5.94. The summed E-state index contributed by atoms with van der Waals surface area (Å²) in [4.78, 5) is 11.3. The number of benzene rings is 1. The van der Waals surface area contributed by atoms with Crippen LogP contribution in [0.25, 0.3) is 0 Å². The minimum absolute atomic E-state index is 0.293. The number of ether oxygens (including phenoxy) is 2. The van der Waals surface area contributed by atoms with Crippen LogP contribution in [0.1, 0.15) is 14.5 Å². The summed E-state index contributed by atoms with van der Waals surface area (Å²) in [6, 6.07) is 2.11. The molecule has 0 aromatic heterocycles. The van der Waals surface area contributed by atoms with Gasteiger partial charge in [-0.3, -0.25) is 0 Å². The Morgan fingerprint density at radius 2 is 2.21 bits per heavy atom. The molecule has 14 heavy (non-hydrogen) atoms. The van der Waals surface area contributed by atoms with Crippen LogP contribution in [0.2, 0.25) is 0 Å². The van der Waals surface area contributed by atoms with Crippen LogP contribution in [0.3, 0.4) is 0 Å². The molecule has 0 radical (unpaired) electrons. The van der Waals surface area contributed by atoms with E-state index in [-0.39, 0.29) is 5.56 Å². The highest BCUT2D eigenvalue weighted by atomic mass is 16.5. The summed E-state index contributed by atoms with van der Waals surface area (Å²) in [6.45, 7) is 0. The van der Waals surface area contributed by atoms with Gasteiger partial charge in [-0.15, -0.1) is 0 Å². The topological polar surface area (TPSA) is 76.0 Å². The van der Waals surface area contributed by atoms with E-state index in [1.807, 2.05) is 0 Å². The van der Waals surface area contributed by atoms with E-state index in [2.05, 4.69) is 9.47 Å². The molecule has 0 heterocycles. The molecule has 0 atom stereocenters. The highest BCUT2D eigenvalue weighted by Gasteiger charge is 2.18. The summed E-state index contributed by atoms with van der Waals surface area (Å²) in [5.41, 5.74) is -0.293. The zero-order valence-corrected chi connectivity index (χ0v) is 7.27. The molecule has 0 amide bonds. The number of hydrogen-bond acceptors (Lipinski definition) is 5. The van der Waals surface area contributed by atoms with Gasteiger partial charge < -0.3 is 19.7 Å². The van der Waals surface area contributed by atoms with Gasteiger partial charge in [0.05, 0.1) is 18.3 Å². The van der Waals surface area contributed by atoms with Crippen molar-refractivity contribution in [2.45, 2.75) is 0 Å². The fourth-order valence-corrected chi connectivity index (χ4v) is 0.935. The SMILES string of the molecule is [2H]C([2H])([2H])Oc1c(C(=O)OC)ccc(O)c1O. The maximum absolute atomic E-state index is 11.3. The molecule has 1 aromatic rings. The van der Waals surface area contributed by atoms with E-state index in [9.17, 15) is 15.0 Å². The van der Waals surface area contributed by atoms with Crippen molar-refractivity contribution >= 4 is 5.97 Å². The second-order valence-corrected chi connectivity index (χ2v) is 2.40. The Hall–Kier alpha value is -1.91. The van der Waals surface area contributed by atoms with Crippen molar-refractivity contribution in [3.63, 3.8) is 0 Å². The van der Waals surface area contributed by atoms with Gasteiger partial charge in [0.1, 0.15) is 5.56 Å². The summed E-state index contributed by atoms with van der Waals surface area (Å²) < 4.78 is 29.5. The number of carbonyl (C=O) groups excluding carboxylic acids is 1. The van der Waals surface area contributed by atoms with Crippen molar-refractivity contribution in [2.24, 2.45) is 0 Å². The third-order valence-electron chi connectivity index (χ3n) is 1.62. The van der Waals surface area contributed by atoms with Crippen molar-refractivity contribution in [1.29, 1.82) is 0 Å². The third-order valence-corrected chi connectivity index (χ3v) is 1.62. The minimum Gasteiger partial charge on any atom is -0.504 e. The van der Waals surface area contributed by atoms with Gasteiger partial charge in [-0.2, -0.15) is 0 Å². The zero-order valence-electron chi connectivity index (χ0n) is 10.3. The first-order chi connectivity index (χ1) is 7.76. The first-order valence-corrected chi connectivity index (χ1v) is 3.58. The van der Waals surface area contributed by atoms with Crippen LogP contribution in [0.5, 0.6) is 17.2 Å². The molecule has 0 spiro atoms. The number of aromatic hydroxyl groups is 2. The first kappa shape index (κ1) is 6.53.